The van der Waals surface area contributed by atoms with Gasteiger partial charge in [0, 0.05) is 44.3 Å². The molecular weight excluding hydrogens is 212 g/mol. The fourth-order valence-electron chi connectivity index (χ4n) is 1.94. The van der Waals surface area contributed by atoms with Gasteiger partial charge in [0.25, 0.3) is 0 Å². The third kappa shape index (κ3) is 3.48. The van der Waals surface area contributed by atoms with Gasteiger partial charge in [-0.3, -0.25) is 4.90 Å². The van der Waals surface area contributed by atoms with Gasteiger partial charge < -0.3 is 5.32 Å². The van der Waals surface area contributed by atoms with E-state index in [1.807, 2.05) is 12.3 Å². The van der Waals surface area contributed by atoms with Crippen LogP contribution in [0.15, 0.2) is 12.3 Å². The molecule has 0 bridgehead atoms. The predicted octanol–water partition coefficient (Wildman–Crippen LogP) is 1.18. The van der Waals surface area contributed by atoms with Crippen molar-refractivity contribution in [2.45, 2.75) is 32.7 Å². The molecule has 0 spiro atoms. The van der Waals surface area contributed by atoms with Crippen LogP contribution in [0.5, 0.6) is 0 Å². The fraction of sp³-hybridized carbons (Fsp3) is 0.692. The van der Waals surface area contributed by atoms with E-state index in [2.05, 4.69) is 41.0 Å². The Bertz CT molecular complexity index is 364. The number of rotatable bonds is 2. The van der Waals surface area contributed by atoms with Gasteiger partial charge in [-0.1, -0.05) is 20.8 Å². The second-order valence-corrected chi connectivity index (χ2v) is 5.65. The van der Waals surface area contributed by atoms with Crippen LogP contribution in [0, 0.1) is 0 Å². The molecule has 94 valence electrons. The van der Waals surface area contributed by atoms with Gasteiger partial charge >= 0.3 is 0 Å². The third-order valence-electron chi connectivity index (χ3n) is 2.98. The van der Waals surface area contributed by atoms with Crippen molar-refractivity contribution in [2.75, 3.05) is 26.2 Å². The summed E-state index contributed by atoms with van der Waals surface area (Å²) in [5, 5.41) is 3.36. The van der Waals surface area contributed by atoms with Crippen LogP contribution in [0.4, 0.5) is 0 Å². The van der Waals surface area contributed by atoms with E-state index < -0.39 is 0 Å². The number of piperazine rings is 1. The van der Waals surface area contributed by atoms with Crippen molar-refractivity contribution in [1.82, 2.24) is 20.2 Å². The Morgan fingerprint density at radius 3 is 2.65 bits per heavy atom. The first-order chi connectivity index (χ1) is 8.05. The first kappa shape index (κ1) is 12.5. The highest BCUT2D eigenvalue weighted by atomic mass is 15.2. The molecule has 17 heavy (non-hydrogen) atoms. The van der Waals surface area contributed by atoms with Gasteiger partial charge in [0.2, 0.25) is 0 Å². The van der Waals surface area contributed by atoms with E-state index in [9.17, 15) is 0 Å². The van der Waals surface area contributed by atoms with Crippen LogP contribution in [0.3, 0.4) is 0 Å². The van der Waals surface area contributed by atoms with Gasteiger partial charge in [0.1, 0.15) is 5.82 Å². The first-order valence-electron chi connectivity index (χ1n) is 6.31. The van der Waals surface area contributed by atoms with Crippen molar-refractivity contribution in [3.8, 4) is 0 Å². The molecule has 2 rings (SSSR count). The van der Waals surface area contributed by atoms with Crippen molar-refractivity contribution >= 4 is 0 Å². The van der Waals surface area contributed by atoms with Crippen LogP contribution < -0.4 is 5.32 Å². The molecule has 0 amide bonds. The number of hydrogen-bond acceptors (Lipinski definition) is 4. The molecule has 1 N–H and O–H groups in total. The van der Waals surface area contributed by atoms with Crippen LogP contribution in [0.1, 0.15) is 32.3 Å². The largest absolute Gasteiger partial charge is 0.314 e. The van der Waals surface area contributed by atoms with Gasteiger partial charge in [-0.2, -0.15) is 0 Å². The van der Waals surface area contributed by atoms with Crippen molar-refractivity contribution in [3.05, 3.63) is 23.8 Å². The van der Waals surface area contributed by atoms with Crippen LogP contribution in [0.2, 0.25) is 0 Å². The maximum absolute atomic E-state index is 4.66. The van der Waals surface area contributed by atoms with E-state index in [1.54, 1.807) is 0 Å². The van der Waals surface area contributed by atoms with Gasteiger partial charge in [-0.05, 0) is 6.07 Å². The fourth-order valence-corrected chi connectivity index (χ4v) is 1.94. The summed E-state index contributed by atoms with van der Waals surface area (Å²) in [5.41, 5.74) is 1.16. The second kappa shape index (κ2) is 5.10. The van der Waals surface area contributed by atoms with Gasteiger partial charge in [0.05, 0.1) is 5.69 Å². The Balaban J connectivity index is 2.05. The van der Waals surface area contributed by atoms with Crippen molar-refractivity contribution in [1.29, 1.82) is 0 Å². The lowest BCUT2D eigenvalue weighted by molar-refractivity contribution is 0.230. The van der Waals surface area contributed by atoms with Crippen LogP contribution in [-0.4, -0.2) is 41.0 Å². The molecule has 1 aromatic heterocycles. The molecule has 1 aromatic rings. The minimum Gasteiger partial charge on any atom is -0.314 e. The summed E-state index contributed by atoms with van der Waals surface area (Å²) in [4.78, 5) is 11.5. The SMILES string of the molecule is CC(C)(C)c1nccc(CN2CCNCC2)n1. The molecule has 0 unspecified atom stereocenters. The second-order valence-electron chi connectivity index (χ2n) is 5.65. The predicted molar refractivity (Wildman–Crippen MR) is 68.9 cm³/mol. The molecule has 2 heterocycles. The topological polar surface area (TPSA) is 41.1 Å². The molecule has 1 aliphatic rings. The Morgan fingerprint density at radius 2 is 2.00 bits per heavy atom. The van der Waals surface area contributed by atoms with Gasteiger partial charge in [-0.15, -0.1) is 0 Å². The van der Waals surface area contributed by atoms with Crippen LogP contribution in [0.25, 0.3) is 0 Å². The quantitative estimate of drug-likeness (QED) is 0.834. The average molecular weight is 234 g/mol. The minimum absolute atomic E-state index is 0.0272. The van der Waals surface area contributed by atoms with E-state index in [1.165, 1.54) is 0 Å². The van der Waals surface area contributed by atoms with Crippen LogP contribution >= 0.6 is 0 Å². The molecule has 1 saturated heterocycles. The van der Waals surface area contributed by atoms with E-state index in [0.29, 0.717) is 0 Å². The Morgan fingerprint density at radius 1 is 1.29 bits per heavy atom. The summed E-state index contributed by atoms with van der Waals surface area (Å²) in [6.45, 7) is 11.8. The summed E-state index contributed by atoms with van der Waals surface area (Å²) in [7, 11) is 0. The highest BCUT2D eigenvalue weighted by molar-refractivity contribution is 5.08. The van der Waals surface area contributed by atoms with Gasteiger partial charge in [0.15, 0.2) is 0 Å². The van der Waals surface area contributed by atoms with E-state index >= 15 is 0 Å². The van der Waals surface area contributed by atoms with E-state index in [0.717, 1.165) is 44.2 Å². The van der Waals surface area contributed by atoms with E-state index in [4.69, 9.17) is 0 Å². The Kier molecular flexibility index (Phi) is 3.74. The number of nitrogens with one attached hydrogen (secondary N) is 1. The first-order valence-corrected chi connectivity index (χ1v) is 6.31. The van der Waals surface area contributed by atoms with Gasteiger partial charge in [-0.25, -0.2) is 9.97 Å². The Hall–Kier alpha value is -1.00. The average Bonchev–Trinajstić information content (AvgIpc) is 2.29. The summed E-state index contributed by atoms with van der Waals surface area (Å²) in [6, 6.07) is 2.03. The summed E-state index contributed by atoms with van der Waals surface area (Å²) in [5.74, 6) is 0.935. The molecule has 0 saturated carbocycles. The van der Waals surface area contributed by atoms with E-state index in [-0.39, 0.29) is 5.41 Å². The highest BCUT2D eigenvalue weighted by Crippen LogP contribution is 2.17. The zero-order valence-electron chi connectivity index (χ0n) is 11.0. The molecule has 0 aromatic carbocycles. The number of hydrogen-bond donors (Lipinski definition) is 1. The zero-order valence-corrected chi connectivity index (χ0v) is 11.0. The normalized spacial score (nSPS) is 18.3. The van der Waals surface area contributed by atoms with Crippen molar-refractivity contribution < 1.29 is 0 Å². The number of aromatic nitrogens is 2. The van der Waals surface area contributed by atoms with Crippen molar-refractivity contribution in [3.63, 3.8) is 0 Å². The molecule has 1 aliphatic heterocycles. The molecular formula is C13H22N4. The zero-order chi connectivity index (χ0) is 12.3. The monoisotopic (exact) mass is 234 g/mol. The Labute approximate surface area is 103 Å². The molecule has 1 fully saturated rings. The molecule has 0 aliphatic carbocycles. The summed E-state index contributed by atoms with van der Waals surface area (Å²) >= 11 is 0. The number of nitrogens with zero attached hydrogens (tertiary/aromatic N) is 3. The summed E-state index contributed by atoms with van der Waals surface area (Å²) in [6.07, 6.45) is 1.88. The molecule has 0 radical (unpaired) electrons. The maximum Gasteiger partial charge on any atom is 0.133 e. The minimum atomic E-state index is 0.0272. The van der Waals surface area contributed by atoms with Crippen LogP contribution in [-0.2, 0) is 12.0 Å². The third-order valence-corrected chi connectivity index (χ3v) is 2.98. The standard InChI is InChI=1S/C13H22N4/c1-13(2,3)12-15-5-4-11(16-12)10-17-8-6-14-7-9-17/h4-5,14H,6-10H2,1-3H3. The lowest BCUT2D eigenvalue weighted by Gasteiger charge is -2.27. The lowest BCUT2D eigenvalue weighted by Crippen LogP contribution is -2.43. The lowest BCUT2D eigenvalue weighted by atomic mass is 9.95. The molecule has 4 heteroatoms. The molecule has 4 nitrogen and oxygen atoms in total. The van der Waals surface area contributed by atoms with Crippen molar-refractivity contribution in [2.24, 2.45) is 0 Å². The molecule has 0 atom stereocenters. The maximum atomic E-state index is 4.66. The smallest absolute Gasteiger partial charge is 0.133 e. The summed E-state index contributed by atoms with van der Waals surface area (Å²) < 4.78 is 0. The highest BCUT2D eigenvalue weighted by Gasteiger charge is 2.18.